The van der Waals surface area contributed by atoms with Crippen molar-refractivity contribution in [3.63, 3.8) is 0 Å². The monoisotopic (exact) mass is 220 g/mol. The van der Waals surface area contributed by atoms with Crippen molar-refractivity contribution >= 4 is 0 Å². The highest BCUT2D eigenvalue weighted by Gasteiger charge is 2.29. The Morgan fingerprint density at radius 1 is 1.33 bits per heavy atom. The maximum atomic E-state index is 13.0. The van der Waals surface area contributed by atoms with E-state index in [9.17, 15) is 8.78 Å². The van der Waals surface area contributed by atoms with Crippen molar-refractivity contribution in [1.29, 1.82) is 0 Å². The van der Waals surface area contributed by atoms with Crippen LogP contribution in [0.2, 0.25) is 0 Å². The third kappa shape index (κ3) is 4.89. The molecule has 90 valence electrons. The fourth-order valence-electron chi connectivity index (χ4n) is 2.32. The third-order valence-corrected chi connectivity index (χ3v) is 2.98. The molecule has 0 spiro atoms. The lowest BCUT2D eigenvalue weighted by Crippen LogP contribution is -2.42. The van der Waals surface area contributed by atoms with Gasteiger partial charge in [-0.1, -0.05) is 12.8 Å². The number of hydrogen-bond acceptors (Lipinski definition) is 2. The minimum atomic E-state index is -2.59. The van der Waals surface area contributed by atoms with Crippen LogP contribution >= 0.6 is 0 Å². The molecule has 0 aromatic carbocycles. The lowest BCUT2D eigenvalue weighted by Gasteiger charge is -2.31. The quantitative estimate of drug-likeness (QED) is 0.787. The molecule has 1 aliphatic heterocycles. The Hall–Kier alpha value is -0.220. The van der Waals surface area contributed by atoms with Crippen molar-refractivity contribution in [2.45, 2.75) is 51.0 Å². The molecular weight excluding hydrogens is 198 g/mol. The van der Waals surface area contributed by atoms with E-state index in [0.717, 1.165) is 45.6 Å². The van der Waals surface area contributed by atoms with Crippen LogP contribution in [0.3, 0.4) is 0 Å². The lowest BCUT2D eigenvalue weighted by molar-refractivity contribution is -0.0260. The van der Waals surface area contributed by atoms with Crippen LogP contribution in [-0.2, 0) is 0 Å². The van der Waals surface area contributed by atoms with Gasteiger partial charge in [0.2, 0.25) is 0 Å². The molecule has 0 amide bonds. The van der Waals surface area contributed by atoms with Gasteiger partial charge in [-0.2, -0.15) is 0 Å². The highest BCUT2D eigenvalue weighted by molar-refractivity contribution is 4.79. The Balaban J connectivity index is 2.53. The zero-order chi connectivity index (χ0) is 11.3. The van der Waals surface area contributed by atoms with Gasteiger partial charge in [0.15, 0.2) is 0 Å². The molecule has 0 bridgehead atoms. The van der Waals surface area contributed by atoms with Crippen molar-refractivity contribution in [2.24, 2.45) is 5.73 Å². The number of nitrogens with two attached hydrogens (primary N) is 1. The SMILES string of the molecule is CC(F)(F)CN1CCCCCC1CCN. The fourth-order valence-corrected chi connectivity index (χ4v) is 2.32. The van der Waals surface area contributed by atoms with E-state index >= 15 is 0 Å². The number of likely N-dealkylation sites (tertiary alicyclic amines) is 1. The minimum absolute atomic E-state index is 0.113. The van der Waals surface area contributed by atoms with Gasteiger partial charge < -0.3 is 5.73 Å². The van der Waals surface area contributed by atoms with Crippen LogP contribution in [0, 0.1) is 0 Å². The average Bonchev–Trinajstić information content (AvgIpc) is 2.30. The maximum absolute atomic E-state index is 13.0. The predicted octanol–water partition coefficient (Wildman–Crippen LogP) is 2.24. The Morgan fingerprint density at radius 2 is 2.07 bits per heavy atom. The van der Waals surface area contributed by atoms with E-state index in [-0.39, 0.29) is 12.6 Å². The summed E-state index contributed by atoms with van der Waals surface area (Å²) in [4.78, 5) is 1.93. The molecule has 0 aromatic heterocycles. The summed E-state index contributed by atoms with van der Waals surface area (Å²) in [5.74, 6) is -2.59. The molecule has 1 atom stereocenters. The van der Waals surface area contributed by atoms with Gasteiger partial charge in [0, 0.05) is 13.0 Å². The first-order valence-electron chi connectivity index (χ1n) is 5.85. The summed E-state index contributed by atoms with van der Waals surface area (Å²) in [6, 6.07) is 0.267. The van der Waals surface area contributed by atoms with E-state index in [1.165, 1.54) is 0 Å². The Labute approximate surface area is 90.8 Å². The molecule has 0 aliphatic carbocycles. The van der Waals surface area contributed by atoms with Gasteiger partial charge in [-0.15, -0.1) is 0 Å². The Kier molecular flexibility index (Phi) is 4.93. The normalized spacial score (nSPS) is 25.2. The molecule has 0 saturated carbocycles. The van der Waals surface area contributed by atoms with Crippen LogP contribution in [0.4, 0.5) is 8.78 Å². The molecule has 15 heavy (non-hydrogen) atoms. The molecule has 1 rings (SSSR count). The summed E-state index contributed by atoms with van der Waals surface area (Å²) >= 11 is 0. The van der Waals surface area contributed by atoms with Crippen LogP contribution < -0.4 is 5.73 Å². The zero-order valence-electron chi connectivity index (χ0n) is 9.51. The smallest absolute Gasteiger partial charge is 0.257 e. The summed E-state index contributed by atoms with van der Waals surface area (Å²) < 4.78 is 26.0. The lowest BCUT2D eigenvalue weighted by atomic mass is 10.1. The minimum Gasteiger partial charge on any atom is -0.330 e. The van der Waals surface area contributed by atoms with Gasteiger partial charge in [-0.25, -0.2) is 8.78 Å². The van der Waals surface area contributed by atoms with E-state index in [0.29, 0.717) is 6.54 Å². The van der Waals surface area contributed by atoms with Crippen LogP contribution in [0.1, 0.15) is 39.0 Å². The second kappa shape index (κ2) is 5.75. The summed E-state index contributed by atoms with van der Waals surface area (Å²) in [6.45, 7) is 2.28. The van der Waals surface area contributed by atoms with Crippen LogP contribution in [0.25, 0.3) is 0 Å². The Morgan fingerprint density at radius 3 is 2.67 bits per heavy atom. The molecule has 1 unspecified atom stereocenters. The van der Waals surface area contributed by atoms with Gasteiger partial charge in [-0.3, -0.25) is 4.90 Å². The molecule has 2 nitrogen and oxygen atoms in total. The summed E-state index contributed by atoms with van der Waals surface area (Å²) in [6.07, 6.45) is 5.21. The first-order chi connectivity index (χ1) is 7.03. The number of hydrogen-bond donors (Lipinski definition) is 1. The van der Waals surface area contributed by atoms with E-state index < -0.39 is 5.92 Å². The first-order valence-corrected chi connectivity index (χ1v) is 5.85. The van der Waals surface area contributed by atoms with E-state index in [4.69, 9.17) is 5.73 Å². The van der Waals surface area contributed by atoms with E-state index in [1.807, 2.05) is 4.90 Å². The van der Waals surface area contributed by atoms with Crippen LogP contribution in [0.5, 0.6) is 0 Å². The topological polar surface area (TPSA) is 29.3 Å². The second-order valence-corrected chi connectivity index (χ2v) is 4.62. The van der Waals surface area contributed by atoms with Gasteiger partial charge >= 0.3 is 0 Å². The van der Waals surface area contributed by atoms with Gasteiger partial charge in [0.1, 0.15) is 0 Å². The van der Waals surface area contributed by atoms with Crippen LogP contribution in [-0.4, -0.2) is 36.5 Å². The average molecular weight is 220 g/mol. The van der Waals surface area contributed by atoms with Crippen LogP contribution in [0.15, 0.2) is 0 Å². The molecule has 1 heterocycles. The molecule has 1 saturated heterocycles. The van der Waals surface area contributed by atoms with Gasteiger partial charge in [0.25, 0.3) is 5.92 Å². The highest BCUT2D eigenvalue weighted by atomic mass is 19.3. The third-order valence-electron chi connectivity index (χ3n) is 2.98. The van der Waals surface area contributed by atoms with E-state index in [1.54, 1.807) is 0 Å². The number of nitrogens with zero attached hydrogens (tertiary/aromatic N) is 1. The van der Waals surface area contributed by atoms with Crippen molar-refractivity contribution in [2.75, 3.05) is 19.6 Å². The largest absolute Gasteiger partial charge is 0.330 e. The number of halogens is 2. The summed E-state index contributed by atoms with van der Waals surface area (Å²) in [5, 5.41) is 0. The zero-order valence-corrected chi connectivity index (χ0v) is 9.51. The fraction of sp³-hybridized carbons (Fsp3) is 1.00. The summed E-state index contributed by atoms with van der Waals surface area (Å²) in [7, 11) is 0. The number of alkyl halides is 2. The number of rotatable bonds is 4. The molecule has 1 aliphatic rings. The standard InChI is InChI=1S/C11H22F2N2/c1-11(12,13)9-15-8-4-2-3-5-10(15)6-7-14/h10H,2-9,14H2,1H3. The van der Waals surface area contributed by atoms with Crippen molar-refractivity contribution in [3.8, 4) is 0 Å². The van der Waals surface area contributed by atoms with Crippen molar-refractivity contribution in [1.82, 2.24) is 4.90 Å². The Bertz CT molecular complexity index is 180. The molecular formula is C11H22F2N2. The predicted molar refractivity (Wildman–Crippen MR) is 58.1 cm³/mol. The molecule has 2 N–H and O–H groups in total. The maximum Gasteiger partial charge on any atom is 0.257 e. The van der Waals surface area contributed by atoms with Crippen molar-refractivity contribution in [3.05, 3.63) is 0 Å². The van der Waals surface area contributed by atoms with Gasteiger partial charge in [0.05, 0.1) is 6.54 Å². The van der Waals surface area contributed by atoms with E-state index in [2.05, 4.69) is 0 Å². The van der Waals surface area contributed by atoms with Crippen molar-refractivity contribution < 1.29 is 8.78 Å². The molecule has 0 radical (unpaired) electrons. The molecule has 0 aromatic rings. The molecule has 1 fully saturated rings. The summed E-state index contributed by atoms with van der Waals surface area (Å²) in [5.41, 5.74) is 5.52. The second-order valence-electron chi connectivity index (χ2n) is 4.62. The highest BCUT2D eigenvalue weighted by Crippen LogP contribution is 2.23. The van der Waals surface area contributed by atoms with Gasteiger partial charge in [-0.05, 0) is 32.4 Å². The first kappa shape index (κ1) is 12.8. The molecule has 4 heteroatoms.